The van der Waals surface area contributed by atoms with Gasteiger partial charge in [-0.2, -0.15) is 4.68 Å². The Hall–Kier alpha value is -2.89. The number of methoxy groups -OCH3 is 1. The predicted octanol–water partition coefficient (Wildman–Crippen LogP) is 2.23. The van der Waals surface area contributed by atoms with Gasteiger partial charge >= 0.3 is 0 Å². The molecule has 0 atom stereocenters. The monoisotopic (exact) mass is 281 g/mol. The molecule has 106 valence electrons. The number of para-hydroxylation sites is 1. The van der Waals surface area contributed by atoms with Crippen molar-refractivity contribution in [3.8, 4) is 22.8 Å². The van der Waals surface area contributed by atoms with Crippen LogP contribution in [0.4, 0.5) is 5.69 Å². The standard InChI is InChI=1S/C15H15N5O/c1-10-5-3-4-6-13(10)20-15(17-18-19-20)12-9-11(16)7-8-14(12)21-2/h3-9H,16H2,1-2H3. The maximum atomic E-state index is 5.87. The average Bonchev–Trinajstić information content (AvgIpc) is 2.96. The molecule has 0 aliphatic carbocycles. The first kappa shape index (κ1) is 13.1. The van der Waals surface area contributed by atoms with E-state index in [2.05, 4.69) is 15.5 Å². The van der Waals surface area contributed by atoms with Gasteiger partial charge in [0.1, 0.15) is 5.75 Å². The normalized spacial score (nSPS) is 10.6. The highest BCUT2D eigenvalue weighted by Gasteiger charge is 2.16. The minimum absolute atomic E-state index is 0.591. The molecule has 0 aliphatic rings. The Kier molecular flexibility index (Phi) is 3.27. The van der Waals surface area contributed by atoms with E-state index >= 15 is 0 Å². The molecule has 0 unspecified atom stereocenters. The first-order valence-electron chi connectivity index (χ1n) is 6.49. The van der Waals surface area contributed by atoms with Crippen LogP contribution in [0.2, 0.25) is 0 Å². The molecule has 21 heavy (non-hydrogen) atoms. The molecule has 3 aromatic rings. The zero-order chi connectivity index (χ0) is 14.8. The van der Waals surface area contributed by atoms with E-state index < -0.39 is 0 Å². The SMILES string of the molecule is COc1ccc(N)cc1-c1nnnn1-c1ccccc1C. The quantitative estimate of drug-likeness (QED) is 0.745. The Morgan fingerprint density at radius 2 is 1.95 bits per heavy atom. The Morgan fingerprint density at radius 1 is 1.14 bits per heavy atom. The molecule has 0 aliphatic heterocycles. The molecule has 0 fully saturated rings. The number of aryl methyl sites for hydroxylation is 1. The molecule has 0 radical (unpaired) electrons. The summed E-state index contributed by atoms with van der Waals surface area (Å²) in [6, 6.07) is 13.3. The van der Waals surface area contributed by atoms with Crippen molar-refractivity contribution in [2.45, 2.75) is 6.92 Å². The summed E-state index contributed by atoms with van der Waals surface area (Å²) < 4.78 is 7.07. The Balaban J connectivity index is 2.21. The van der Waals surface area contributed by atoms with Crippen LogP contribution >= 0.6 is 0 Å². The van der Waals surface area contributed by atoms with E-state index in [0.717, 1.165) is 16.8 Å². The minimum atomic E-state index is 0.591. The first-order valence-corrected chi connectivity index (χ1v) is 6.49. The number of tetrazole rings is 1. The lowest BCUT2D eigenvalue weighted by atomic mass is 10.1. The third-order valence-corrected chi connectivity index (χ3v) is 3.28. The van der Waals surface area contributed by atoms with Crippen molar-refractivity contribution >= 4 is 5.69 Å². The van der Waals surface area contributed by atoms with Crippen molar-refractivity contribution in [2.24, 2.45) is 0 Å². The third-order valence-electron chi connectivity index (χ3n) is 3.28. The molecule has 1 heterocycles. The number of ether oxygens (including phenoxy) is 1. The molecule has 2 N–H and O–H groups in total. The molecule has 0 saturated heterocycles. The van der Waals surface area contributed by atoms with Crippen LogP contribution in [-0.4, -0.2) is 27.3 Å². The van der Waals surface area contributed by atoms with Gasteiger partial charge in [0.25, 0.3) is 0 Å². The summed E-state index contributed by atoms with van der Waals surface area (Å²) in [4.78, 5) is 0. The van der Waals surface area contributed by atoms with Gasteiger partial charge in [0.05, 0.1) is 18.4 Å². The second kappa shape index (κ2) is 5.24. The second-order valence-corrected chi connectivity index (χ2v) is 4.66. The maximum absolute atomic E-state index is 5.87. The first-order chi connectivity index (χ1) is 10.2. The van der Waals surface area contributed by atoms with Crippen LogP contribution in [0.3, 0.4) is 0 Å². The third kappa shape index (κ3) is 2.31. The molecule has 3 rings (SSSR count). The zero-order valence-electron chi connectivity index (χ0n) is 11.8. The molecule has 0 spiro atoms. The van der Waals surface area contributed by atoms with E-state index in [4.69, 9.17) is 10.5 Å². The van der Waals surface area contributed by atoms with E-state index in [-0.39, 0.29) is 0 Å². The van der Waals surface area contributed by atoms with Gasteiger partial charge in [0.15, 0.2) is 5.82 Å². The fourth-order valence-electron chi connectivity index (χ4n) is 2.22. The number of nitrogen functional groups attached to an aromatic ring is 1. The fourth-order valence-corrected chi connectivity index (χ4v) is 2.22. The van der Waals surface area contributed by atoms with Gasteiger partial charge in [-0.3, -0.25) is 0 Å². The minimum Gasteiger partial charge on any atom is -0.496 e. The largest absolute Gasteiger partial charge is 0.496 e. The van der Waals surface area contributed by atoms with Crippen molar-refractivity contribution in [3.63, 3.8) is 0 Å². The van der Waals surface area contributed by atoms with Gasteiger partial charge in [-0.05, 0) is 47.2 Å². The number of nitrogens with zero attached hydrogens (tertiary/aromatic N) is 4. The summed E-state index contributed by atoms with van der Waals surface area (Å²) >= 11 is 0. The van der Waals surface area contributed by atoms with E-state index in [1.54, 1.807) is 23.9 Å². The summed E-state index contributed by atoms with van der Waals surface area (Å²) in [5.74, 6) is 1.27. The average molecular weight is 281 g/mol. The van der Waals surface area contributed by atoms with E-state index in [1.165, 1.54) is 0 Å². The zero-order valence-corrected chi connectivity index (χ0v) is 11.8. The van der Waals surface area contributed by atoms with Crippen LogP contribution in [0.1, 0.15) is 5.56 Å². The van der Waals surface area contributed by atoms with Gasteiger partial charge in [0.2, 0.25) is 0 Å². The number of rotatable bonds is 3. The second-order valence-electron chi connectivity index (χ2n) is 4.66. The van der Waals surface area contributed by atoms with E-state index in [9.17, 15) is 0 Å². The summed E-state index contributed by atoms with van der Waals surface area (Å²) in [6.07, 6.45) is 0. The molecule has 6 heteroatoms. The van der Waals surface area contributed by atoms with Gasteiger partial charge in [-0.15, -0.1) is 5.10 Å². The van der Waals surface area contributed by atoms with Crippen molar-refractivity contribution in [3.05, 3.63) is 48.0 Å². The topological polar surface area (TPSA) is 78.8 Å². The lowest BCUT2D eigenvalue weighted by molar-refractivity contribution is 0.416. The van der Waals surface area contributed by atoms with Crippen molar-refractivity contribution < 1.29 is 4.74 Å². The molecule has 1 aromatic heterocycles. The smallest absolute Gasteiger partial charge is 0.190 e. The summed E-state index contributed by atoms with van der Waals surface area (Å²) in [5, 5.41) is 12.0. The predicted molar refractivity (Wildman–Crippen MR) is 80.3 cm³/mol. The van der Waals surface area contributed by atoms with Crippen LogP contribution in [0.15, 0.2) is 42.5 Å². The van der Waals surface area contributed by atoms with Crippen LogP contribution in [0, 0.1) is 6.92 Å². The van der Waals surface area contributed by atoms with Gasteiger partial charge in [0, 0.05) is 5.69 Å². The number of nitrogens with two attached hydrogens (primary N) is 1. The summed E-state index contributed by atoms with van der Waals surface area (Å²) in [6.45, 7) is 2.01. The Labute approximate surface area is 122 Å². The highest BCUT2D eigenvalue weighted by molar-refractivity contribution is 5.70. The van der Waals surface area contributed by atoms with Crippen LogP contribution < -0.4 is 10.5 Å². The molecular formula is C15H15N5O. The van der Waals surface area contributed by atoms with Crippen molar-refractivity contribution in [2.75, 3.05) is 12.8 Å². The van der Waals surface area contributed by atoms with E-state index in [1.807, 2.05) is 37.3 Å². The number of aromatic nitrogens is 4. The summed E-state index contributed by atoms with van der Waals surface area (Å²) in [5.41, 5.74) is 9.25. The molecule has 0 bridgehead atoms. The van der Waals surface area contributed by atoms with Crippen LogP contribution in [0.25, 0.3) is 17.1 Å². The molecule has 0 saturated carbocycles. The lowest BCUT2D eigenvalue weighted by Crippen LogP contribution is -2.03. The van der Waals surface area contributed by atoms with Gasteiger partial charge < -0.3 is 10.5 Å². The van der Waals surface area contributed by atoms with Gasteiger partial charge in [-0.25, -0.2) is 0 Å². The maximum Gasteiger partial charge on any atom is 0.190 e. The Bertz CT molecular complexity index is 781. The van der Waals surface area contributed by atoms with Crippen LogP contribution in [0.5, 0.6) is 5.75 Å². The number of benzene rings is 2. The van der Waals surface area contributed by atoms with Gasteiger partial charge in [-0.1, -0.05) is 18.2 Å². The molecular weight excluding hydrogens is 266 g/mol. The fraction of sp³-hybridized carbons (Fsp3) is 0.133. The highest BCUT2D eigenvalue weighted by Crippen LogP contribution is 2.31. The summed E-state index contributed by atoms with van der Waals surface area (Å²) in [7, 11) is 1.61. The lowest BCUT2D eigenvalue weighted by Gasteiger charge is -2.11. The van der Waals surface area contributed by atoms with Crippen molar-refractivity contribution in [1.82, 2.24) is 20.2 Å². The molecule has 0 amide bonds. The number of hydrogen-bond acceptors (Lipinski definition) is 5. The highest BCUT2D eigenvalue weighted by atomic mass is 16.5. The molecule has 6 nitrogen and oxygen atoms in total. The van der Waals surface area contributed by atoms with Crippen LogP contribution in [-0.2, 0) is 0 Å². The number of hydrogen-bond donors (Lipinski definition) is 1. The van der Waals surface area contributed by atoms with Crippen molar-refractivity contribution in [1.29, 1.82) is 0 Å². The van der Waals surface area contributed by atoms with E-state index in [0.29, 0.717) is 17.3 Å². The number of anilines is 1. The molecule has 2 aromatic carbocycles. The Morgan fingerprint density at radius 3 is 2.71 bits per heavy atom.